The Bertz CT molecular complexity index is 677. The van der Waals surface area contributed by atoms with Gasteiger partial charge in [0.1, 0.15) is 11.3 Å². The summed E-state index contributed by atoms with van der Waals surface area (Å²) in [5.41, 5.74) is 0.0780. The van der Waals surface area contributed by atoms with Gasteiger partial charge in [-0.05, 0) is 30.4 Å². The fourth-order valence-corrected chi connectivity index (χ4v) is 2.86. The van der Waals surface area contributed by atoms with Gasteiger partial charge in [-0.3, -0.25) is 0 Å². The molecule has 112 valence electrons. The minimum absolute atomic E-state index is 0.0250. The molecule has 0 radical (unpaired) electrons. The van der Waals surface area contributed by atoms with Gasteiger partial charge in [-0.1, -0.05) is 11.6 Å². The van der Waals surface area contributed by atoms with Crippen LogP contribution in [0.3, 0.4) is 0 Å². The molecule has 2 aromatic rings. The van der Waals surface area contributed by atoms with Gasteiger partial charge in [0.15, 0.2) is 11.0 Å². The Morgan fingerprint density at radius 1 is 1.29 bits per heavy atom. The largest absolute Gasteiger partial charge is 0.396 e. The zero-order valence-electron chi connectivity index (χ0n) is 11.1. The van der Waals surface area contributed by atoms with Crippen LogP contribution in [0.5, 0.6) is 0 Å². The summed E-state index contributed by atoms with van der Waals surface area (Å²) in [5, 5.41) is 9.42. The second-order valence-electron chi connectivity index (χ2n) is 5.05. The maximum absolute atomic E-state index is 14.0. The van der Waals surface area contributed by atoms with Crippen molar-refractivity contribution in [3.8, 4) is 0 Å². The minimum Gasteiger partial charge on any atom is -0.396 e. The second kappa shape index (κ2) is 5.87. The molecule has 2 aromatic heterocycles. The van der Waals surface area contributed by atoms with E-state index in [1.807, 2.05) is 4.90 Å². The van der Waals surface area contributed by atoms with Crippen molar-refractivity contribution >= 4 is 39.9 Å². The minimum atomic E-state index is -0.690. The Kier molecular flexibility index (Phi) is 4.10. The summed E-state index contributed by atoms with van der Waals surface area (Å²) in [6.45, 7) is 1.63. The van der Waals surface area contributed by atoms with Gasteiger partial charge in [-0.15, -0.1) is 0 Å². The van der Waals surface area contributed by atoms with Gasteiger partial charge >= 0.3 is 0 Å². The number of fused-ring (bicyclic) bond motifs is 1. The number of nitrogens with zero attached hydrogens (tertiary/aromatic N) is 4. The van der Waals surface area contributed by atoms with E-state index in [1.165, 1.54) is 6.20 Å². The lowest BCUT2D eigenvalue weighted by Gasteiger charge is -2.32. The molecule has 0 bridgehead atoms. The first-order chi connectivity index (χ1) is 10.1. The third kappa shape index (κ3) is 2.75. The Morgan fingerprint density at radius 2 is 2.00 bits per heavy atom. The summed E-state index contributed by atoms with van der Waals surface area (Å²) in [6, 6.07) is 0. The van der Waals surface area contributed by atoms with E-state index in [2.05, 4.69) is 15.0 Å². The van der Waals surface area contributed by atoms with Gasteiger partial charge < -0.3 is 10.0 Å². The highest BCUT2D eigenvalue weighted by Crippen LogP contribution is 2.31. The summed E-state index contributed by atoms with van der Waals surface area (Å²) >= 11 is 11.6. The van der Waals surface area contributed by atoms with Crippen molar-refractivity contribution in [2.45, 2.75) is 12.8 Å². The molecule has 1 aliphatic rings. The molecule has 1 fully saturated rings. The Hall–Kier alpha value is -1.24. The van der Waals surface area contributed by atoms with Gasteiger partial charge in [0.25, 0.3) is 0 Å². The number of hydrogen-bond donors (Lipinski definition) is 1. The van der Waals surface area contributed by atoms with Crippen LogP contribution in [0.15, 0.2) is 6.20 Å². The van der Waals surface area contributed by atoms with E-state index < -0.39 is 5.82 Å². The SMILES string of the molecule is OCC1CCN(c2nc(Cl)nc3c(F)c(Cl)ncc23)CC1. The summed E-state index contributed by atoms with van der Waals surface area (Å²) in [4.78, 5) is 14.0. The topological polar surface area (TPSA) is 62.1 Å². The van der Waals surface area contributed by atoms with Crippen molar-refractivity contribution in [2.24, 2.45) is 5.92 Å². The maximum atomic E-state index is 14.0. The van der Waals surface area contributed by atoms with Crippen LogP contribution in [0.1, 0.15) is 12.8 Å². The van der Waals surface area contributed by atoms with Crippen LogP contribution in [0.4, 0.5) is 10.2 Å². The molecule has 21 heavy (non-hydrogen) atoms. The first-order valence-corrected chi connectivity index (χ1v) is 7.38. The monoisotopic (exact) mass is 330 g/mol. The molecule has 0 unspecified atom stereocenters. The summed E-state index contributed by atoms with van der Waals surface area (Å²) in [5.74, 6) is 0.170. The molecule has 0 aliphatic carbocycles. The molecule has 3 heterocycles. The van der Waals surface area contributed by atoms with Crippen molar-refractivity contribution in [1.29, 1.82) is 0 Å². The van der Waals surface area contributed by atoms with E-state index >= 15 is 0 Å². The van der Waals surface area contributed by atoms with E-state index in [9.17, 15) is 9.50 Å². The number of rotatable bonds is 2. The molecule has 0 saturated carbocycles. The third-order valence-corrected chi connectivity index (χ3v) is 4.20. The van der Waals surface area contributed by atoms with Gasteiger partial charge in [0.05, 0.1) is 5.39 Å². The quantitative estimate of drug-likeness (QED) is 0.677. The highest BCUT2D eigenvalue weighted by Gasteiger charge is 2.23. The molecule has 1 saturated heterocycles. The molecule has 0 amide bonds. The molecule has 1 N–H and O–H groups in total. The molecule has 0 atom stereocenters. The zero-order valence-corrected chi connectivity index (χ0v) is 12.6. The number of piperidine rings is 1. The van der Waals surface area contributed by atoms with Gasteiger partial charge in [-0.2, -0.15) is 4.98 Å². The molecule has 0 spiro atoms. The number of aliphatic hydroxyl groups is 1. The highest BCUT2D eigenvalue weighted by atomic mass is 35.5. The predicted octanol–water partition coefficient (Wildman–Crippen LogP) is 2.68. The second-order valence-corrected chi connectivity index (χ2v) is 5.75. The normalized spacial score (nSPS) is 16.7. The first kappa shape index (κ1) is 14.7. The van der Waals surface area contributed by atoms with E-state index in [-0.39, 0.29) is 22.6 Å². The van der Waals surface area contributed by atoms with Gasteiger partial charge in [0.2, 0.25) is 5.28 Å². The van der Waals surface area contributed by atoms with Crippen LogP contribution in [-0.4, -0.2) is 39.8 Å². The lowest BCUT2D eigenvalue weighted by molar-refractivity contribution is 0.203. The average Bonchev–Trinajstić information content (AvgIpc) is 2.51. The third-order valence-electron chi connectivity index (χ3n) is 3.77. The maximum Gasteiger partial charge on any atom is 0.225 e. The standard InChI is InChI=1S/C13H13Cl2FN4O/c14-11-9(16)10-8(5-17-11)12(19-13(15)18-10)20-3-1-7(6-21)2-4-20/h5,7,21H,1-4,6H2. The zero-order chi connectivity index (χ0) is 15.0. The van der Waals surface area contributed by atoms with Crippen molar-refractivity contribution in [1.82, 2.24) is 15.0 Å². The predicted molar refractivity (Wildman–Crippen MR) is 79.3 cm³/mol. The first-order valence-electron chi connectivity index (χ1n) is 6.63. The van der Waals surface area contributed by atoms with Crippen LogP contribution in [0.2, 0.25) is 10.4 Å². The van der Waals surface area contributed by atoms with Crippen molar-refractivity contribution in [3.05, 3.63) is 22.5 Å². The molecule has 3 rings (SSSR count). The van der Waals surface area contributed by atoms with Crippen LogP contribution in [-0.2, 0) is 0 Å². The number of halogens is 3. The van der Waals surface area contributed by atoms with Crippen LogP contribution in [0, 0.1) is 11.7 Å². The lowest BCUT2D eigenvalue weighted by Crippen LogP contribution is -2.35. The van der Waals surface area contributed by atoms with Gasteiger partial charge in [-0.25, -0.2) is 14.4 Å². The van der Waals surface area contributed by atoms with E-state index in [1.54, 1.807) is 0 Å². The van der Waals surface area contributed by atoms with Gasteiger partial charge in [0, 0.05) is 25.9 Å². The van der Waals surface area contributed by atoms with Crippen LogP contribution in [0.25, 0.3) is 10.9 Å². The van der Waals surface area contributed by atoms with Crippen LogP contribution >= 0.6 is 23.2 Å². The molecular weight excluding hydrogens is 318 g/mol. The lowest BCUT2D eigenvalue weighted by atomic mass is 9.98. The number of hydrogen-bond acceptors (Lipinski definition) is 5. The molecule has 5 nitrogen and oxygen atoms in total. The van der Waals surface area contributed by atoms with Crippen LogP contribution < -0.4 is 4.90 Å². The number of pyridine rings is 1. The van der Waals surface area contributed by atoms with Crippen molar-refractivity contribution in [3.63, 3.8) is 0 Å². The summed E-state index contributed by atoms with van der Waals surface area (Å²) in [6.07, 6.45) is 3.16. The molecular formula is C13H13Cl2FN4O. The molecule has 8 heteroatoms. The fraction of sp³-hybridized carbons (Fsp3) is 0.462. The fourth-order valence-electron chi connectivity index (χ4n) is 2.56. The van der Waals surface area contributed by atoms with Crippen molar-refractivity contribution < 1.29 is 9.50 Å². The van der Waals surface area contributed by atoms with E-state index in [4.69, 9.17) is 23.2 Å². The summed E-state index contributed by atoms with van der Waals surface area (Å²) in [7, 11) is 0. The van der Waals surface area contributed by atoms with E-state index in [0.717, 1.165) is 25.9 Å². The highest BCUT2D eigenvalue weighted by molar-refractivity contribution is 6.30. The summed E-state index contributed by atoms with van der Waals surface area (Å²) < 4.78 is 14.0. The average molecular weight is 331 g/mol. The van der Waals surface area contributed by atoms with Crippen molar-refractivity contribution in [2.75, 3.05) is 24.6 Å². The number of anilines is 1. The molecule has 0 aromatic carbocycles. The Balaban J connectivity index is 2.04. The molecule has 1 aliphatic heterocycles. The Labute approximate surface area is 130 Å². The number of aliphatic hydroxyl groups excluding tert-OH is 1. The van der Waals surface area contributed by atoms with E-state index in [0.29, 0.717) is 17.1 Å². The Morgan fingerprint density at radius 3 is 2.67 bits per heavy atom. The number of aromatic nitrogens is 3. The smallest absolute Gasteiger partial charge is 0.225 e.